The van der Waals surface area contributed by atoms with E-state index in [1.54, 1.807) is 0 Å². The fourth-order valence-corrected chi connectivity index (χ4v) is 5.03. The Morgan fingerprint density at radius 2 is 2.00 bits per heavy atom. The molecular formula is C16H26INS. The lowest BCUT2D eigenvalue weighted by Crippen LogP contribution is -2.33. The van der Waals surface area contributed by atoms with Crippen LogP contribution < -0.4 is 5.32 Å². The Hall–Kier alpha value is 0.390. The number of hydrogen-bond acceptors (Lipinski definition) is 2. The second-order valence-electron chi connectivity index (χ2n) is 6.29. The van der Waals surface area contributed by atoms with Crippen molar-refractivity contribution in [3.05, 3.63) is 19.9 Å². The highest BCUT2D eigenvalue weighted by molar-refractivity contribution is 14.1. The van der Waals surface area contributed by atoms with Gasteiger partial charge >= 0.3 is 0 Å². The molecule has 1 nitrogen and oxygen atoms in total. The van der Waals surface area contributed by atoms with Gasteiger partial charge in [-0.2, -0.15) is 0 Å². The number of nitrogens with one attached hydrogen (secondary N) is 1. The summed E-state index contributed by atoms with van der Waals surface area (Å²) < 4.78 is 1.41. The molecule has 1 aromatic rings. The molecule has 108 valence electrons. The van der Waals surface area contributed by atoms with Crippen LogP contribution in [0.4, 0.5) is 0 Å². The van der Waals surface area contributed by atoms with Gasteiger partial charge in [0.15, 0.2) is 0 Å². The molecule has 1 fully saturated rings. The monoisotopic (exact) mass is 391 g/mol. The zero-order valence-electron chi connectivity index (χ0n) is 12.3. The average Bonchev–Trinajstić information content (AvgIpc) is 2.75. The molecule has 0 saturated heterocycles. The maximum atomic E-state index is 3.81. The van der Waals surface area contributed by atoms with Gasteiger partial charge in [0.05, 0.1) is 2.88 Å². The Morgan fingerprint density at radius 1 is 1.32 bits per heavy atom. The number of halogens is 1. The van der Waals surface area contributed by atoms with Crippen molar-refractivity contribution >= 4 is 33.9 Å². The smallest absolute Gasteiger partial charge is 0.0656 e. The minimum absolute atomic E-state index is 0.574. The molecule has 19 heavy (non-hydrogen) atoms. The van der Waals surface area contributed by atoms with Crippen LogP contribution in [0.2, 0.25) is 0 Å². The Morgan fingerprint density at radius 3 is 2.53 bits per heavy atom. The summed E-state index contributed by atoms with van der Waals surface area (Å²) >= 11 is 4.32. The Bertz CT molecular complexity index is 380. The second kappa shape index (κ2) is 7.41. The van der Waals surface area contributed by atoms with Crippen molar-refractivity contribution in [2.45, 2.75) is 52.5 Å². The summed E-state index contributed by atoms with van der Waals surface area (Å²) in [5.74, 6) is 2.59. The predicted molar refractivity (Wildman–Crippen MR) is 93.7 cm³/mol. The molecule has 1 heterocycles. The first kappa shape index (κ1) is 15.8. The highest BCUT2D eigenvalue weighted by atomic mass is 127. The van der Waals surface area contributed by atoms with E-state index in [1.165, 1.54) is 34.1 Å². The summed E-state index contributed by atoms with van der Waals surface area (Å²) in [5.41, 5.74) is 1.52. The van der Waals surface area contributed by atoms with Crippen LogP contribution >= 0.6 is 33.9 Å². The molecule has 3 atom stereocenters. The molecule has 0 bridgehead atoms. The SMILES string of the molecule is CCCNC(c1csc(I)c1)C1CC(C)CC(C)C1. The lowest BCUT2D eigenvalue weighted by Gasteiger charge is -2.37. The zero-order valence-corrected chi connectivity index (χ0v) is 15.3. The van der Waals surface area contributed by atoms with Crippen molar-refractivity contribution in [2.75, 3.05) is 6.54 Å². The minimum Gasteiger partial charge on any atom is -0.310 e. The average molecular weight is 391 g/mol. The first-order chi connectivity index (χ1) is 9.10. The van der Waals surface area contributed by atoms with Gasteiger partial charge in [0, 0.05) is 6.04 Å². The third-order valence-corrected chi connectivity index (χ3v) is 6.05. The summed E-state index contributed by atoms with van der Waals surface area (Å²) in [6.45, 7) is 8.25. The van der Waals surface area contributed by atoms with Crippen molar-refractivity contribution in [2.24, 2.45) is 17.8 Å². The molecular weight excluding hydrogens is 365 g/mol. The van der Waals surface area contributed by atoms with E-state index in [1.807, 2.05) is 11.3 Å². The molecule has 2 rings (SSSR count). The van der Waals surface area contributed by atoms with E-state index in [-0.39, 0.29) is 0 Å². The van der Waals surface area contributed by atoms with Crippen LogP contribution in [0.25, 0.3) is 0 Å². The lowest BCUT2D eigenvalue weighted by molar-refractivity contribution is 0.177. The van der Waals surface area contributed by atoms with E-state index in [0.29, 0.717) is 6.04 Å². The van der Waals surface area contributed by atoms with Crippen molar-refractivity contribution in [1.29, 1.82) is 0 Å². The van der Waals surface area contributed by atoms with Gasteiger partial charge in [0.1, 0.15) is 0 Å². The van der Waals surface area contributed by atoms with Crippen LogP contribution in [0.1, 0.15) is 58.1 Å². The molecule has 0 aromatic carbocycles. The van der Waals surface area contributed by atoms with Crippen LogP contribution in [-0.4, -0.2) is 6.54 Å². The molecule has 3 unspecified atom stereocenters. The largest absolute Gasteiger partial charge is 0.310 e. The summed E-state index contributed by atoms with van der Waals surface area (Å²) in [6, 6.07) is 2.95. The van der Waals surface area contributed by atoms with Gasteiger partial charge in [-0.3, -0.25) is 0 Å². The van der Waals surface area contributed by atoms with Gasteiger partial charge in [0.2, 0.25) is 0 Å². The first-order valence-electron chi connectivity index (χ1n) is 7.57. The Balaban J connectivity index is 2.12. The Labute approximate surface area is 135 Å². The van der Waals surface area contributed by atoms with Crippen LogP contribution in [-0.2, 0) is 0 Å². The summed E-state index contributed by atoms with van der Waals surface area (Å²) in [7, 11) is 0. The number of hydrogen-bond donors (Lipinski definition) is 1. The van der Waals surface area contributed by atoms with Gasteiger partial charge in [-0.15, -0.1) is 11.3 Å². The topological polar surface area (TPSA) is 12.0 Å². The number of thiophene rings is 1. The lowest BCUT2D eigenvalue weighted by atomic mass is 9.72. The molecule has 1 aliphatic rings. The molecule has 1 aromatic heterocycles. The standard InChI is InChI=1S/C16H26INS/c1-4-5-18-16(14-9-15(17)19-10-14)13-7-11(2)6-12(3)8-13/h9-13,16,18H,4-8H2,1-3H3. The van der Waals surface area contributed by atoms with Crippen LogP contribution in [0.3, 0.4) is 0 Å². The highest BCUT2D eigenvalue weighted by Gasteiger charge is 2.30. The van der Waals surface area contributed by atoms with E-state index >= 15 is 0 Å². The minimum atomic E-state index is 0.574. The van der Waals surface area contributed by atoms with Crippen LogP contribution in [0.15, 0.2) is 11.4 Å². The summed E-state index contributed by atoms with van der Waals surface area (Å²) in [4.78, 5) is 0. The van der Waals surface area contributed by atoms with E-state index < -0.39 is 0 Å². The molecule has 0 aliphatic heterocycles. The fraction of sp³-hybridized carbons (Fsp3) is 0.750. The molecule has 0 spiro atoms. The maximum absolute atomic E-state index is 3.81. The summed E-state index contributed by atoms with van der Waals surface area (Å²) in [5, 5.41) is 6.17. The second-order valence-corrected chi connectivity index (χ2v) is 9.10. The highest BCUT2D eigenvalue weighted by Crippen LogP contribution is 2.40. The molecule has 0 amide bonds. The van der Waals surface area contributed by atoms with Gasteiger partial charge in [0.25, 0.3) is 0 Å². The van der Waals surface area contributed by atoms with Gasteiger partial charge in [-0.25, -0.2) is 0 Å². The normalized spacial score (nSPS) is 29.4. The van der Waals surface area contributed by atoms with Gasteiger partial charge < -0.3 is 5.32 Å². The van der Waals surface area contributed by atoms with Gasteiger partial charge in [-0.05, 0) is 89.6 Å². The fourth-order valence-electron chi connectivity index (χ4n) is 3.62. The van der Waals surface area contributed by atoms with Crippen molar-refractivity contribution in [1.82, 2.24) is 5.32 Å². The van der Waals surface area contributed by atoms with Crippen LogP contribution in [0, 0.1) is 20.6 Å². The Kier molecular flexibility index (Phi) is 6.15. The third kappa shape index (κ3) is 4.43. The van der Waals surface area contributed by atoms with Crippen molar-refractivity contribution in [3.63, 3.8) is 0 Å². The van der Waals surface area contributed by atoms with E-state index in [4.69, 9.17) is 0 Å². The quantitative estimate of drug-likeness (QED) is 0.657. The van der Waals surface area contributed by atoms with Crippen molar-refractivity contribution in [3.8, 4) is 0 Å². The van der Waals surface area contributed by atoms with E-state index in [9.17, 15) is 0 Å². The van der Waals surface area contributed by atoms with Crippen molar-refractivity contribution < 1.29 is 0 Å². The summed E-state index contributed by atoms with van der Waals surface area (Å²) in [6.07, 6.45) is 5.41. The maximum Gasteiger partial charge on any atom is 0.0656 e. The molecule has 3 heteroatoms. The van der Waals surface area contributed by atoms with Crippen LogP contribution in [0.5, 0.6) is 0 Å². The number of rotatable bonds is 5. The van der Waals surface area contributed by atoms with E-state index in [0.717, 1.165) is 24.3 Å². The first-order valence-corrected chi connectivity index (χ1v) is 9.53. The molecule has 0 radical (unpaired) electrons. The zero-order chi connectivity index (χ0) is 13.8. The molecule has 1 N–H and O–H groups in total. The van der Waals surface area contributed by atoms with Gasteiger partial charge in [-0.1, -0.05) is 20.8 Å². The molecule has 1 aliphatic carbocycles. The van der Waals surface area contributed by atoms with E-state index in [2.05, 4.69) is 60.1 Å². The molecule has 1 saturated carbocycles. The third-order valence-electron chi connectivity index (χ3n) is 4.25. The predicted octanol–water partition coefficient (Wildman–Crippen LogP) is 5.47.